The minimum Gasteiger partial charge on any atom is -1.00 e. The molecule has 1 nitrogen and oxygen atoms in total. The topological polar surface area (TPSA) is 14.1 Å². The molecule has 0 N–H and O–H groups in total. The third kappa shape index (κ3) is 2.85. The van der Waals surface area contributed by atoms with Crippen LogP contribution < -0.4 is 47.7 Å². The third-order valence-electron chi connectivity index (χ3n) is 3.36. The number of halogens is 3. The zero-order valence-electron chi connectivity index (χ0n) is 10.4. The second-order valence-corrected chi connectivity index (χ2v) is 4.24. The summed E-state index contributed by atoms with van der Waals surface area (Å²) in [7, 11) is 0. The van der Waals surface area contributed by atoms with Crippen LogP contribution in [0.1, 0.15) is 5.56 Å². The molecule has 0 saturated carbocycles. The molecule has 1 aliphatic carbocycles. The van der Waals surface area contributed by atoms with Crippen LogP contribution in [0.3, 0.4) is 0 Å². The van der Waals surface area contributed by atoms with Crippen molar-refractivity contribution in [2.45, 2.75) is 0 Å². The number of hydrogen-bond donors (Lipinski definition) is 0. The van der Waals surface area contributed by atoms with Crippen molar-refractivity contribution in [3.63, 3.8) is 0 Å². The smallest absolute Gasteiger partial charge is 1.00 e. The maximum Gasteiger partial charge on any atom is 4.00 e. The fraction of sp³-hybridized carbons (Fsp3) is 0.0667. The van der Waals surface area contributed by atoms with Crippen molar-refractivity contribution in [3.8, 4) is 0 Å². The fourth-order valence-electron chi connectivity index (χ4n) is 2.61. The fourth-order valence-corrected chi connectivity index (χ4v) is 2.61. The first-order chi connectivity index (χ1) is 7.93. The van der Waals surface area contributed by atoms with E-state index in [0.717, 1.165) is 6.54 Å². The molecule has 0 spiro atoms. The third-order valence-corrected chi connectivity index (χ3v) is 3.36. The maximum atomic E-state index is 4.57. The summed E-state index contributed by atoms with van der Waals surface area (Å²) >= 11 is 0. The van der Waals surface area contributed by atoms with Gasteiger partial charge in [0.2, 0.25) is 0 Å². The molecule has 0 saturated heterocycles. The minimum absolute atomic E-state index is 0. The van der Waals surface area contributed by atoms with E-state index in [2.05, 4.69) is 53.9 Å². The minimum atomic E-state index is 0. The molecule has 2 aromatic rings. The predicted molar refractivity (Wildman–Crippen MR) is 65.7 cm³/mol. The van der Waals surface area contributed by atoms with E-state index in [-0.39, 0.29) is 63.4 Å². The van der Waals surface area contributed by atoms with Crippen LogP contribution in [0.15, 0.2) is 36.4 Å². The molecule has 0 fully saturated rings. The van der Waals surface area contributed by atoms with Crippen molar-refractivity contribution in [2.75, 3.05) is 6.54 Å². The summed E-state index contributed by atoms with van der Waals surface area (Å²) in [6, 6.07) is 12.9. The molecule has 5 heteroatoms. The molecular weight excluding hydrogens is 392 g/mol. The molecule has 0 radical (unpaired) electrons. The Morgan fingerprint density at radius 1 is 0.800 bits per heavy atom. The Morgan fingerprint density at radius 2 is 1.55 bits per heavy atom. The Bertz CT molecular complexity index is 818. The zero-order chi connectivity index (χ0) is 10.5. The molecule has 0 bridgehead atoms. The van der Waals surface area contributed by atoms with E-state index in [0.29, 0.717) is 0 Å². The Morgan fingerprint density at radius 3 is 2.35 bits per heavy atom. The van der Waals surface area contributed by atoms with Gasteiger partial charge >= 0.3 is 26.2 Å². The van der Waals surface area contributed by atoms with Gasteiger partial charge in [0.05, 0.1) is 0 Å². The number of benzene rings is 2. The summed E-state index contributed by atoms with van der Waals surface area (Å²) in [6.07, 6.45) is 4.44. The summed E-state index contributed by atoms with van der Waals surface area (Å²) in [5.41, 5.74) is 2.47. The summed E-state index contributed by atoms with van der Waals surface area (Å²) in [4.78, 5) is 0. The van der Waals surface area contributed by atoms with Crippen LogP contribution in [0.2, 0.25) is 0 Å². The monoisotopic (exact) mass is 399 g/mol. The second-order valence-electron chi connectivity index (χ2n) is 4.24. The Labute approximate surface area is 155 Å². The van der Waals surface area contributed by atoms with E-state index in [4.69, 9.17) is 0 Å². The molecule has 2 aliphatic rings. The van der Waals surface area contributed by atoms with Gasteiger partial charge in [-0.05, 0) is 32.5 Å². The van der Waals surface area contributed by atoms with Crippen molar-refractivity contribution >= 4 is 17.8 Å². The largest absolute Gasteiger partial charge is 4.00 e. The standard InChI is InChI=1S/C15H10N.3ClH.Zr/c1-2-4-12-11(3-1)9-14-13(12)6-5-10-7-8-16-15(10)14;;;;/h1-7,9H,8H2;3*1H;/q-1;;;;+4/p-3. The second kappa shape index (κ2) is 7.66. The normalized spacial score (nSPS) is 11.4. The van der Waals surface area contributed by atoms with Crippen LogP contribution in [-0.2, 0) is 26.2 Å². The Hall–Kier alpha value is -0.267. The van der Waals surface area contributed by atoms with Crippen LogP contribution in [0.4, 0.5) is 5.69 Å². The van der Waals surface area contributed by atoms with Gasteiger partial charge in [-0.3, -0.25) is 0 Å². The van der Waals surface area contributed by atoms with Crippen molar-refractivity contribution in [1.29, 1.82) is 0 Å². The molecule has 1 heterocycles. The molecule has 0 unspecified atom stereocenters. The molecule has 0 atom stereocenters. The molecular formula is C15H10Cl3NZr. The van der Waals surface area contributed by atoms with Crippen LogP contribution in [0.5, 0.6) is 0 Å². The molecule has 1 aliphatic heterocycles. The van der Waals surface area contributed by atoms with Gasteiger partial charge in [0.15, 0.2) is 0 Å². The number of hydrogen-bond acceptors (Lipinski definition) is 0. The van der Waals surface area contributed by atoms with Gasteiger partial charge < -0.3 is 42.5 Å². The van der Waals surface area contributed by atoms with Gasteiger partial charge in [0.1, 0.15) is 0 Å². The van der Waals surface area contributed by atoms with Crippen LogP contribution in [0, 0.1) is 10.4 Å². The Kier molecular flexibility index (Phi) is 7.56. The van der Waals surface area contributed by atoms with Crippen LogP contribution in [-0.4, -0.2) is 6.54 Å². The van der Waals surface area contributed by atoms with E-state index in [1.165, 1.54) is 32.1 Å². The van der Waals surface area contributed by atoms with Crippen molar-refractivity contribution < 1.29 is 63.4 Å². The zero-order valence-corrected chi connectivity index (χ0v) is 15.1. The van der Waals surface area contributed by atoms with Gasteiger partial charge in [0.25, 0.3) is 0 Å². The Balaban J connectivity index is 0.000000902. The summed E-state index contributed by atoms with van der Waals surface area (Å²) < 4.78 is 0. The van der Waals surface area contributed by atoms with Crippen molar-refractivity contribution in [3.05, 3.63) is 68.2 Å². The van der Waals surface area contributed by atoms with Crippen LogP contribution in [0.25, 0.3) is 17.5 Å². The summed E-state index contributed by atoms with van der Waals surface area (Å²) in [5.74, 6) is 0. The van der Waals surface area contributed by atoms with E-state index in [1.807, 2.05) is 0 Å². The number of fused-ring (bicyclic) bond motifs is 4. The van der Waals surface area contributed by atoms with E-state index >= 15 is 0 Å². The molecule has 4 rings (SSSR count). The predicted octanol–water partition coefficient (Wildman–Crippen LogP) is -7.08. The molecule has 100 valence electrons. The van der Waals surface area contributed by atoms with Gasteiger partial charge in [-0.1, -0.05) is 42.5 Å². The molecule has 0 aromatic heterocycles. The van der Waals surface area contributed by atoms with Gasteiger partial charge in [-0.15, -0.1) is 12.2 Å². The van der Waals surface area contributed by atoms with Gasteiger partial charge in [0, 0.05) is 0 Å². The number of rotatable bonds is 0. The van der Waals surface area contributed by atoms with Crippen LogP contribution >= 0.6 is 0 Å². The average Bonchev–Trinajstić information content (AvgIpc) is 2.92. The average molecular weight is 402 g/mol. The SMILES string of the molecule is C1=c2ccc3c(c2[N-]C1)C=c1ccccc1=3.[Cl-].[Cl-].[Cl-].[Zr+4]. The molecule has 0 amide bonds. The quantitative estimate of drug-likeness (QED) is 0.355. The van der Waals surface area contributed by atoms with Crippen molar-refractivity contribution in [2.24, 2.45) is 0 Å². The first-order valence-corrected chi connectivity index (χ1v) is 5.55. The van der Waals surface area contributed by atoms with Gasteiger partial charge in [-0.25, -0.2) is 0 Å². The molecule has 2 aromatic carbocycles. The van der Waals surface area contributed by atoms with E-state index < -0.39 is 0 Å². The first kappa shape index (κ1) is 19.7. The number of nitrogens with zero attached hydrogens (tertiary/aromatic N) is 1. The van der Waals surface area contributed by atoms with Gasteiger partial charge in [-0.2, -0.15) is 0 Å². The maximum absolute atomic E-state index is 4.57. The molecule has 20 heavy (non-hydrogen) atoms. The summed E-state index contributed by atoms with van der Waals surface area (Å²) in [6.45, 7) is 0.829. The first-order valence-electron chi connectivity index (χ1n) is 5.55. The summed E-state index contributed by atoms with van der Waals surface area (Å²) in [5, 5.41) is 9.82. The van der Waals surface area contributed by atoms with Crippen molar-refractivity contribution in [1.82, 2.24) is 0 Å². The van der Waals surface area contributed by atoms with E-state index in [9.17, 15) is 0 Å². The van der Waals surface area contributed by atoms with E-state index in [1.54, 1.807) is 0 Å².